The monoisotopic (exact) mass is 293 g/mol. The second-order valence-corrected chi connectivity index (χ2v) is 8.16. The first-order chi connectivity index (χ1) is 9.97. The Morgan fingerprint density at radius 2 is 1.52 bits per heavy atom. The van der Waals surface area contributed by atoms with Gasteiger partial charge >= 0.3 is 0 Å². The largest absolute Gasteiger partial charge is 0.303 e. The van der Waals surface area contributed by atoms with Gasteiger partial charge in [0.05, 0.1) is 0 Å². The second kappa shape index (κ2) is 7.76. The van der Waals surface area contributed by atoms with Crippen LogP contribution < -0.4 is 0 Å². The highest BCUT2D eigenvalue weighted by atomic mass is 16.1. The third-order valence-electron chi connectivity index (χ3n) is 5.91. The van der Waals surface area contributed by atoms with E-state index in [0.29, 0.717) is 11.7 Å². The predicted molar refractivity (Wildman–Crippen MR) is 89.3 cm³/mol. The molecule has 0 aromatic heterocycles. The summed E-state index contributed by atoms with van der Waals surface area (Å²) in [7, 11) is 0. The third-order valence-corrected chi connectivity index (χ3v) is 5.91. The van der Waals surface area contributed by atoms with Crippen molar-refractivity contribution in [3.05, 3.63) is 0 Å². The molecule has 1 aliphatic carbocycles. The molecule has 1 saturated carbocycles. The van der Waals surface area contributed by atoms with E-state index in [2.05, 4.69) is 18.7 Å². The molecule has 0 bridgehead atoms. The van der Waals surface area contributed by atoms with Gasteiger partial charge in [0.1, 0.15) is 5.78 Å². The number of Topliss-reactive ketones (excluding diaryl/α,β-unsaturated/α-hetero) is 1. The van der Waals surface area contributed by atoms with E-state index < -0.39 is 0 Å². The summed E-state index contributed by atoms with van der Waals surface area (Å²) in [6.45, 7) is 12.7. The van der Waals surface area contributed by atoms with Gasteiger partial charge < -0.3 is 4.90 Å². The topological polar surface area (TPSA) is 20.3 Å². The van der Waals surface area contributed by atoms with Crippen molar-refractivity contribution in [3.8, 4) is 0 Å². The number of ketones is 1. The first-order valence-electron chi connectivity index (χ1n) is 9.23. The molecule has 0 unspecified atom stereocenters. The van der Waals surface area contributed by atoms with E-state index in [0.717, 1.165) is 30.6 Å². The highest BCUT2D eigenvalue weighted by molar-refractivity contribution is 5.82. The fraction of sp³-hybridized carbons (Fsp3) is 0.947. The maximum Gasteiger partial charge on any atom is 0.138 e. The van der Waals surface area contributed by atoms with Crippen molar-refractivity contribution in [2.45, 2.75) is 66.2 Å². The van der Waals surface area contributed by atoms with Crippen molar-refractivity contribution in [1.29, 1.82) is 0 Å². The lowest BCUT2D eigenvalue weighted by Crippen LogP contribution is -2.39. The number of hydrogen-bond acceptors (Lipinski definition) is 2. The maximum atomic E-state index is 12.1. The van der Waals surface area contributed by atoms with Gasteiger partial charge in [0.15, 0.2) is 0 Å². The quantitative estimate of drug-likeness (QED) is 0.749. The van der Waals surface area contributed by atoms with E-state index >= 15 is 0 Å². The van der Waals surface area contributed by atoms with Crippen LogP contribution in [-0.2, 0) is 4.79 Å². The molecule has 21 heavy (non-hydrogen) atoms. The van der Waals surface area contributed by atoms with E-state index in [-0.39, 0.29) is 5.92 Å². The number of likely N-dealkylation sites (tertiary alicyclic amines) is 1. The Morgan fingerprint density at radius 1 is 0.952 bits per heavy atom. The van der Waals surface area contributed by atoms with Crippen LogP contribution in [0.3, 0.4) is 0 Å². The summed E-state index contributed by atoms with van der Waals surface area (Å²) in [5, 5.41) is 0. The fourth-order valence-corrected chi connectivity index (χ4v) is 4.27. The zero-order valence-electron chi connectivity index (χ0n) is 14.6. The number of hydrogen-bond donors (Lipinski definition) is 0. The summed E-state index contributed by atoms with van der Waals surface area (Å²) in [5.41, 5.74) is 0. The molecule has 1 heterocycles. The van der Waals surface area contributed by atoms with Gasteiger partial charge in [-0.05, 0) is 69.4 Å². The molecule has 2 heteroatoms. The van der Waals surface area contributed by atoms with Gasteiger partial charge in [-0.15, -0.1) is 0 Å². The molecule has 0 spiro atoms. The molecule has 0 aromatic rings. The molecule has 1 saturated heterocycles. The summed E-state index contributed by atoms with van der Waals surface area (Å²) in [6.07, 6.45) is 7.60. The molecular formula is C19H35NO. The lowest BCUT2D eigenvalue weighted by molar-refractivity contribution is -0.127. The highest BCUT2D eigenvalue weighted by Gasteiger charge is 2.29. The molecule has 0 amide bonds. The molecular weight excluding hydrogens is 258 g/mol. The van der Waals surface area contributed by atoms with Crippen LogP contribution in [0.4, 0.5) is 0 Å². The van der Waals surface area contributed by atoms with Gasteiger partial charge in [-0.25, -0.2) is 0 Å². The lowest BCUT2D eigenvalue weighted by Gasteiger charge is -2.37. The Balaban J connectivity index is 1.69. The number of carbonyl (C=O) groups excluding carboxylic acids is 1. The van der Waals surface area contributed by atoms with Crippen LogP contribution in [-0.4, -0.2) is 30.3 Å². The molecule has 2 rings (SSSR count). The van der Waals surface area contributed by atoms with Crippen molar-refractivity contribution in [2.75, 3.05) is 19.6 Å². The van der Waals surface area contributed by atoms with Crippen LogP contribution in [0.15, 0.2) is 0 Å². The van der Waals surface area contributed by atoms with Gasteiger partial charge in [0, 0.05) is 18.4 Å². The first kappa shape index (κ1) is 17.0. The Labute approximate surface area is 131 Å². The van der Waals surface area contributed by atoms with Gasteiger partial charge in [-0.1, -0.05) is 27.7 Å². The fourth-order valence-electron chi connectivity index (χ4n) is 4.27. The summed E-state index contributed by atoms with van der Waals surface area (Å²) in [4.78, 5) is 14.8. The van der Waals surface area contributed by atoms with Gasteiger partial charge in [-0.2, -0.15) is 0 Å². The van der Waals surface area contributed by atoms with Crippen LogP contribution in [0.5, 0.6) is 0 Å². The third kappa shape index (κ3) is 4.81. The minimum atomic E-state index is 0.224. The maximum absolute atomic E-state index is 12.1. The molecule has 1 aliphatic heterocycles. The van der Waals surface area contributed by atoms with E-state index in [1.165, 1.54) is 45.3 Å². The van der Waals surface area contributed by atoms with Crippen molar-refractivity contribution < 1.29 is 4.79 Å². The average Bonchev–Trinajstić information content (AvgIpc) is 2.47. The van der Waals surface area contributed by atoms with Crippen LogP contribution in [0.2, 0.25) is 0 Å². The normalized spacial score (nSPS) is 29.2. The van der Waals surface area contributed by atoms with Crippen LogP contribution in [0.25, 0.3) is 0 Å². The van der Waals surface area contributed by atoms with Crippen molar-refractivity contribution >= 4 is 5.78 Å². The Morgan fingerprint density at radius 3 is 2.00 bits per heavy atom. The number of piperidine rings is 1. The molecule has 0 atom stereocenters. The predicted octanol–water partition coefficient (Wildman–Crippen LogP) is 4.39. The standard InChI is InChI=1S/C19H35NO/c1-14(2)17-9-11-20(12-10-17)13-16-5-7-18(8-6-16)19(21)15(3)4/h14-18H,5-13H2,1-4H3. The molecule has 0 N–H and O–H groups in total. The van der Waals surface area contributed by atoms with Crippen molar-refractivity contribution in [1.82, 2.24) is 4.90 Å². The van der Waals surface area contributed by atoms with Gasteiger partial charge in [0.25, 0.3) is 0 Å². The SMILES string of the molecule is CC(C)C(=O)C1CCC(CN2CCC(C(C)C)CC2)CC1. The van der Waals surface area contributed by atoms with Crippen LogP contribution in [0, 0.1) is 29.6 Å². The van der Waals surface area contributed by atoms with Crippen molar-refractivity contribution in [3.63, 3.8) is 0 Å². The minimum absolute atomic E-state index is 0.224. The van der Waals surface area contributed by atoms with E-state index in [1.54, 1.807) is 0 Å². The number of rotatable bonds is 5. The van der Waals surface area contributed by atoms with E-state index in [4.69, 9.17) is 0 Å². The molecule has 0 aromatic carbocycles. The Bertz CT molecular complexity index is 320. The molecule has 0 radical (unpaired) electrons. The summed E-state index contributed by atoms with van der Waals surface area (Å²) >= 11 is 0. The van der Waals surface area contributed by atoms with Crippen molar-refractivity contribution in [2.24, 2.45) is 29.6 Å². The lowest BCUT2D eigenvalue weighted by atomic mass is 9.77. The molecule has 2 nitrogen and oxygen atoms in total. The summed E-state index contributed by atoms with van der Waals surface area (Å²) < 4.78 is 0. The zero-order valence-corrected chi connectivity index (χ0v) is 14.6. The van der Waals surface area contributed by atoms with Gasteiger partial charge in [-0.3, -0.25) is 4.79 Å². The summed E-state index contributed by atoms with van der Waals surface area (Å²) in [6, 6.07) is 0. The summed E-state index contributed by atoms with van der Waals surface area (Å²) in [5.74, 6) is 3.74. The minimum Gasteiger partial charge on any atom is -0.303 e. The highest BCUT2D eigenvalue weighted by Crippen LogP contribution is 2.32. The molecule has 2 aliphatic rings. The zero-order chi connectivity index (χ0) is 15.4. The Hall–Kier alpha value is -0.370. The first-order valence-corrected chi connectivity index (χ1v) is 9.23. The van der Waals surface area contributed by atoms with Gasteiger partial charge in [0.2, 0.25) is 0 Å². The molecule has 122 valence electrons. The average molecular weight is 293 g/mol. The van der Waals surface area contributed by atoms with E-state index in [1.807, 2.05) is 13.8 Å². The Kier molecular flexibility index (Phi) is 6.28. The smallest absolute Gasteiger partial charge is 0.138 e. The van der Waals surface area contributed by atoms with Crippen LogP contribution >= 0.6 is 0 Å². The number of nitrogens with zero attached hydrogens (tertiary/aromatic N) is 1. The molecule has 2 fully saturated rings. The second-order valence-electron chi connectivity index (χ2n) is 8.16. The van der Waals surface area contributed by atoms with Crippen LogP contribution in [0.1, 0.15) is 66.2 Å². The number of carbonyl (C=O) groups is 1. The van der Waals surface area contributed by atoms with E-state index in [9.17, 15) is 4.79 Å².